The zero-order valence-corrected chi connectivity index (χ0v) is 12.8. The average molecular weight is 305 g/mol. The third kappa shape index (κ3) is 2.61. The van der Waals surface area contributed by atoms with Crippen LogP contribution in [0.2, 0.25) is 0 Å². The van der Waals surface area contributed by atoms with Gasteiger partial charge in [-0.2, -0.15) is 0 Å². The molecule has 0 saturated carbocycles. The van der Waals surface area contributed by atoms with Crippen molar-refractivity contribution < 1.29 is 0 Å². The van der Waals surface area contributed by atoms with Crippen LogP contribution in [0, 0.1) is 20.8 Å². The van der Waals surface area contributed by atoms with Crippen LogP contribution >= 0.6 is 15.9 Å². The van der Waals surface area contributed by atoms with Gasteiger partial charge in [-0.25, -0.2) is 9.97 Å². The lowest BCUT2D eigenvalue weighted by atomic mass is 9.97. The van der Waals surface area contributed by atoms with E-state index < -0.39 is 0 Å². The van der Waals surface area contributed by atoms with Crippen LogP contribution in [-0.2, 0) is 6.42 Å². The predicted molar refractivity (Wildman–Crippen MR) is 78.8 cm³/mol. The van der Waals surface area contributed by atoms with E-state index in [9.17, 15) is 0 Å². The SMILES string of the molecule is CCc1nc(Br)cc(-c2c(C)cc(C)cc2C)n1. The van der Waals surface area contributed by atoms with Gasteiger partial charge in [-0.3, -0.25) is 0 Å². The Balaban J connectivity index is 2.65. The molecule has 0 amide bonds. The van der Waals surface area contributed by atoms with Crippen LogP contribution in [0.5, 0.6) is 0 Å². The molecule has 0 aliphatic heterocycles. The molecule has 0 spiro atoms. The lowest BCUT2D eigenvalue weighted by molar-refractivity contribution is 0.930. The fraction of sp³-hybridized carbons (Fsp3) is 0.333. The van der Waals surface area contributed by atoms with Crippen molar-refractivity contribution in [2.45, 2.75) is 34.1 Å². The number of rotatable bonds is 2. The second-order valence-electron chi connectivity index (χ2n) is 4.62. The zero-order valence-electron chi connectivity index (χ0n) is 11.2. The molecule has 0 N–H and O–H groups in total. The van der Waals surface area contributed by atoms with Crippen molar-refractivity contribution in [1.29, 1.82) is 0 Å². The molecule has 1 aromatic heterocycles. The summed E-state index contributed by atoms with van der Waals surface area (Å²) in [6, 6.07) is 6.39. The van der Waals surface area contributed by atoms with Crippen molar-refractivity contribution >= 4 is 15.9 Å². The molecule has 0 radical (unpaired) electrons. The smallest absolute Gasteiger partial charge is 0.130 e. The van der Waals surface area contributed by atoms with Gasteiger partial charge in [0, 0.05) is 12.0 Å². The molecule has 1 heterocycles. The van der Waals surface area contributed by atoms with Crippen molar-refractivity contribution in [1.82, 2.24) is 9.97 Å². The van der Waals surface area contributed by atoms with Crippen molar-refractivity contribution in [2.75, 3.05) is 0 Å². The standard InChI is InChI=1S/C15H17BrN2/c1-5-14-17-12(8-13(16)18-14)15-10(3)6-9(2)7-11(15)4/h6-8H,5H2,1-4H3. The molecular weight excluding hydrogens is 288 g/mol. The molecular formula is C15H17BrN2. The van der Waals surface area contributed by atoms with Gasteiger partial charge in [-0.1, -0.05) is 24.6 Å². The van der Waals surface area contributed by atoms with E-state index in [1.165, 1.54) is 22.3 Å². The molecule has 2 aromatic rings. The van der Waals surface area contributed by atoms with Gasteiger partial charge in [0.2, 0.25) is 0 Å². The Hall–Kier alpha value is -1.22. The van der Waals surface area contributed by atoms with Crippen LogP contribution in [0.4, 0.5) is 0 Å². The van der Waals surface area contributed by atoms with E-state index in [2.05, 4.69) is 65.7 Å². The molecule has 2 nitrogen and oxygen atoms in total. The van der Waals surface area contributed by atoms with Gasteiger partial charge < -0.3 is 0 Å². The topological polar surface area (TPSA) is 25.8 Å². The number of aromatic nitrogens is 2. The molecule has 0 unspecified atom stereocenters. The first-order valence-corrected chi connectivity index (χ1v) is 6.92. The van der Waals surface area contributed by atoms with Gasteiger partial charge in [0.15, 0.2) is 0 Å². The monoisotopic (exact) mass is 304 g/mol. The van der Waals surface area contributed by atoms with Gasteiger partial charge in [0.25, 0.3) is 0 Å². The Labute approximate surface area is 117 Å². The summed E-state index contributed by atoms with van der Waals surface area (Å²) in [7, 11) is 0. The highest BCUT2D eigenvalue weighted by molar-refractivity contribution is 9.10. The highest BCUT2D eigenvalue weighted by atomic mass is 79.9. The van der Waals surface area contributed by atoms with Gasteiger partial charge >= 0.3 is 0 Å². The van der Waals surface area contributed by atoms with E-state index in [-0.39, 0.29) is 0 Å². The van der Waals surface area contributed by atoms with Crippen LogP contribution < -0.4 is 0 Å². The molecule has 3 heteroatoms. The average Bonchev–Trinajstić information content (AvgIpc) is 2.26. The summed E-state index contributed by atoms with van der Waals surface area (Å²) in [5, 5.41) is 0. The Morgan fingerprint density at radius 3 is 2.17 bits per heavy atom. The van der Waals surface area contributed by atoms with E-state index in [4.69, 9.17) is 0 Å². The lowest BCUT2D eigenvalue weighted by Crippen LogP contribution is -1.98. The Morgan fingerprint density at radius 2 is 1.61 bits per heavy atom. The molecule has 0 atom stereocenters. The summed E-state index contributed by atoms with van der Waals surface area (Å²) in [6.07, 6.45) is 0.844. The molecule has 0 saturated heterocycles. The summed E-state index contributed by atoms with van der Waals surface area (Å²) >= 11 is 3.46. The Bertz CT molecular complexity index is 568. The fourth-order valence-electron chi connectivity index (χ4n) is 2.33. The summed E-state index contributed by atoms with van der Waals surface area (Å²) in [5.41, 5.74) is 6.04. The summed E-state index contributed by atoms with van der Waals surface area (Å²) in [6.45, 7) is 8.46. The van der Waals surface area contributed by atoms with Crippen molar-refractivity contribution in [2.24, 2.45) is 0 Å². The number of halogens is 1. The Kier molecular flexibility index (Phi) is 3.81. The van der Waals surface area contributed by atoms with Gasteiger partial charge in [0.05, 0.1) is 5.69 Å². The highest BCUT2D eigenvalue weighted by Crippen LogP contribution is 2.28. The first-order chi connectivity index (χ1) is 8.51. The first kappa shape index (κ1) is 13.2. The van der Waals surface area contributed by atoms with E-state index in [1.54, 1.807) is 0 Å². The van der Waals surface area contributed by atoms with Crippen LogP contribution in [0.3, 0.4) is 0 Å². The van der Waals surface area contributed by atoms with E-state index in [1.807, 2.05) is 6.07 Å². The first-order valence-electron chi connectivity index (χ1n) is 6.13. The third-order valence-corrected chi connectivity index (χ3v) is 3.40. The minimum atomic E-state index is 0.844. The zero-order chi connectivity index (χ0) is 13.3. The summed E-state index contributed by atoms with van der Waals surface area (Å²) in [4.78, 5) is 8.99. The van der Waals surface area contributed by atoms with E-state index in [0.29, 0.717) is 0 Å². The molecule has 1 aromatic carbocycles. The fourth-order valence-corrected chi connectivity index (χ4v) is 2.76. The molecule has 0 fully saturated rings. The third-order valence-electron chi connectivity index (χ3n) is 2.99. The second-order valence-corrected chi connectivity index (χ2v) is 5.43. The number of nitrogens with zero attached hydrogens (tertiary/aromatic N) is 2. The molecule has 0 bridgehead atoms. The van der Waals surface area contributed by atoms with Crippen molar-refractivity contribution in [3.63, 3.8) is 0 Å². The van der Waals surface area contributed by atoms with Crippen LogP contribution in [-0.4, -0.2) is 9.97 Å². The Morgan fingerprint density at radius 1 is 1.00 bits per heavy atom. The molecule has 0 aliphatic carbocycles. The normalized spacial score (nSPS) is 10.7. The molecule has 0 aliphatic rings. The van der Waals surface area contributed by atoms with Crippen LogP contribution in [0.15, 0.2) is 22.8 Å². The minimum absolute atomic E-state index is 0.844. The number of hydrogen-bond donors (Lipinski definition) is 0. The van der Waals surface area contributed by atoms with Gasteiger partial charge in [-0.15, -0.1) is 0 Å². The molecule has 94 valence electrons. The summed E-state index contributed by atoms with van der Waals surface area (Å²) in [5.74, 6) is 0.874. The maximum absolute atomic E-state index is 4.63. The highest BCUT2D eigenvalue weighted by Gasteiger charge is 2.10. The maximum Gasteiger partial charge on any atom is 0.130 e. The molecule has 2 rings (SSSR count). The molecule has 18 heavy (non-hydrogen) atoms. The lowest BCUT2D eigenvalue weighted by Gasteiger charge is -2.12. The van der Waals surface area contributed by atoms with E-state index >= 15 is 0 Å². The number of benzene rings is 1. The van der Waals surface area contributed by atoms with Crippen molar-refractivity contribution in [3.8, 4) is 11.3 Å². The van der Waals surface area contributed by atoms with Crippen molar-refractivity contribution in [3.05, 3.63) is 45.3 Å². The summed E-state index contributed by atoms with van der Waals surface area (Å²) < 4.78 is 0.851. The van der Waals surface area contributed by atoms with Gasteiger partial charge in [-0.05, 0) is 53.9 Å². The van der Waals surface area contributed by atoms with Gasteiger partial charge in [0.1, 0.15) is 10.4 Å². The van der Waals surface area contributed by atoms with Crippen LogP contribution in [0.1, 0.15) is 29.4 Å². The minimum Gasteiger partial charge on any atom is -0.233 e. The quantitative estimate of drug-likeness (QED) is 0.769. The van der Waals surface area contributed by atoms with Crippen LogP contribution in [0.25, 0.3) is 11.3 Å². The predicted octanol–water partition coefficient (Wildman–Crippen LogP) is 4.39. The second kappa shape index (κ2) is 5.19. The number of aryl methyl sites for hydroxylation is 4. The van der Waals surface area contributed by atoms with E-state index in [0.717, 1.165) is 22.5 Å². The number of hydrogen-bond acceptors (Lipinski definition) is 2. The largest absolute Gasteiger partial charge is 0.233 e. The maximum atomic E-state index is 4.63.